The van der Waals surface area contributed by atoms with Gasteiger partial charge in [0.1, 0.15) is 16.7 Å². The van der Waals surface area contributed by atoms with E-state index in [9.17, 15) is 0 Å². The minimum absolute atomic E-state index is 0.0438. The summed E-state index contributed by atoms with van der Waals surface area (Å²) in [6.45, 7) is 1.93. The van der Waals surface area contributed by atoms with Crippen molar-refractivity contribution in [1.82, 2.24) is 20.1 Å². The Balaban J connectivity index is 1.62. The van der Waals surface area contributed by atoms with Crippen LogP contribution in [0.4, 0.5) is 5.95 Å². The highest BCUT2D eigenvalue weighted by Crippen LogP contribution is 2.24. The van der Waals surface area contributed by atoms with Gasteiger partial charge in [-0.1, -0.05) is 16.8 Å². The number of hydrogen-bond donors (Lipinski definition) is 1. The Kier molecular flexibility index (Phi) is 4.24. The van der Waals surface area contributed by atoms with Crippen molar-refractivity contribution in [2.24, 2.45) is 0 Å². The lowest BCUT2D eigenvalue weighted by Gasteiger charge is -2.07. The third kappa shape index (κ3) is 4.07. The highest BCUT2D eigenvalue weighted by molar-refractivity contribution is 6.29. The number of hydrogen-bond acceptors (Lipinski definition) is 8. The van der Waals surface area contributed by atoms with Crippen LogP contribution in [0.3, 0.4) is 0 Å². The highest BCUT2D eigenvalue weighted by atomic mass is 35.5. The normalized spacial score (nSPS) is 10.5. The Morgan fingerprint density at radius 3 is 2.52 bits per heavy atom. The second-order valence-electron chi connectivity index (χ2n) is 4.48. The van der Waals surface area contributed by atoms with Crippen LogP contribution in [0.5, 0.6) is 17.4 Å². The van der Waals surface area contributed by atoms with Crippen LogP contribution >= 0.6 is 11.6 Å². The van der Waals surface area contributed by atoms with Gasteiger partial charge < -0.3 is 19.7 Å². The summed E-state index contributed by atoms with van der Waals surface area (Å²) < 4.78 is 16.0. The number of nitrogen functional groups attached to an aromatic ring is 1. The van der Waals surface area contributed by atoms with Gasteiger partial charge >= 0.3 is 0 Å². The molecule has 0 aliphatic rings. The zero-order chi connectivity index (χ0) is 16.2. The Labute approximate surface area is 136 Å². The van der Waals surface area contributed by atoms with Crippen LogP contribution in [-0.2, 0) is 6.61 Å². The van der Waals surface area contributed by atoms with Crippen molar-refractivity contribution >= 4 is 17.5 Å². The molecule has 2 aromatic heterocycles. The van der Waals surface area contributed by atoms with Gasteiger partial charge in [-0.25, -0.2) is 4.98 Å². The molecule has 0 saturated carbocycles. The van der Waals surface area contributed by atoms with Gasteiger partial charge in [0.05, 0.1) is 0 Å². The van der Waals surface area contributed by atoms with Gasteiger partial charge in [-0.15, -0.1) is 0 Å². The van der Waals surface area contributed by atoms with Gasteiger partial charge in [0.2, 0.25) is 11.8 Å². The number of aryl methyl sites for hydroxylation is 1. The molecular weight excluding hydrogens is 322 g/mol. The Morgan fingerprint density at radius 2 is 1.87 bits per heavy atom. The smallest absolute Gasteiger partial charge is 0.264 e. The van der Waals surface area contributed by atoms with Crippen LogP contribution < -0.4 is 15.2 Å². The van der Waals surface area contributed by atoms with E-state index >= 15 is 0 Å². The van der Waals surface area contributed by atoms with Crippen LogP contribution in [0, 0.1) is 6.92 Å². The lowest BCUT2D eigenvalue weighted by Crippen LogP contribution is -1.97. The molecule has 0 fully saturated rings. The monoisotopic (exact) mass is 333 g/mol. The maximum atomic E-state index is 5.79. The summed E-state index contributed by atoms with van der Waals surface area (Å²) in [6.07, 6.45) is 0. The molecule has 0 atom stereocenters. The molecule has 23 heavy (non-hydrogen) atoms. The molecule has 0 amide bonds. The Morgan fingerprint density at radius 1 is 1.13 bits per heavy atom. The molecule has 3 aromatic rings. The number of nitrogens with two attached hydrogens (primary N) is 1. The molecule has 2 N–H and O–H groups in total. The van der Waals surface area contributed by atoms with Crippen LogP contribution in [-0.4, -0.2) is 20.1 Å². The number of aromatic nitrogens is 4. The number of benzene rings is 1. The van der Waals surface area contributed by atoms with Crippen LogP contribution in [0.2, 0.25) is 5.15 Å². The summed E-state index contributed by atoms with van der Waals surface area (Å²) in [4.78, 5) is 11.7. The summed E-state index contributed by atoms with van der Waals surface area (Å²) in [6, 6.07) is 8.40. The largest absolute Gasteiger partial charge is 0.484 e. The molecule has 8 nitrogen and oxygen atoms in total. The maximum Gasteiger partial charge on any atom is 0.264 e. The molecule has 9 heteroatoms. The Bertz CT molecular complexity index is 786. The van der Waals surface area contributed by atoms with E-state index in [-0.39, 0.29) is 23.6 Å². The fraction of sp³-hybridized carbons (Fsp3) is 0.143. The molecule has 0 unspecified atom stereocenters. The van der Waals surface area contributed by atoms with E-state index in [1.807, 2.05) is 0 Å². The van der Waals surface area contributed by atoms with Crippen molar-refractivity contribution in [1.29, 1.82) is 0 Å². The Hall–Kier alpha value is -2.87. The van der Waals surface area contributed by atoms with Crippen LogP contribution in [0.1, 0.15) is 11.7 Å². The number of anilines is 1. The molecule has 3 rings (SSSR count). The van der Waals surface area contributed by atoms with Gasteiger partial charge in [0.25, 0.3) is 5.89 Å². The first-order valence-electron chi connectivity index (χ1n) is 6.58. The molecule has 118 valence electrons. The lowest BCUT2D eigenvalue weighted by molar-refractivity contribution is 0.242. The maximum absolute atomic E-state index is 5.79. The van der Waals surface area contributed by atoms with Crippen LogP contribution in [0.25, 0.3) is 0 Å². The second-order valence-corrected chi connectivity index (χ2v) is 4.87. The highest BCUT2D eigenvalue weighted by Gasteiger charge is 2.06. The molecule has 0 aliphatic heterocycles. The summed E-state index contributed by atoms with van der Waals surface area (Å²) in [7, 11) is 0. The number of ether oxygens (including phenoxy) is 2. The summed E-state index contributed by atoms with van der Waals surface area (Å²) >= 11 is 5.79. The molecule has 0 bridgehead atoms. The van der Waals surface area contributed by atoms with Crippen molar-refractivity contribution < 1.29 is 14.0 Å². The first-order chi connectivity index (χ1) is 11.1. The van der Waals surface area contributed by atoms with Crippen LogP contribution in [0.15, 0.2) is 34.9 Å². The lowest BCUT2D eigenvalue weighted by atomic mass is 10.3. The van der Waals surface area contributed by atoms with E-state index in [2.05, 4.69) is 20.1 Å². The third-order valence-corrected chi connectivity index (χ3v) is 2.86. The zero-order valence-corrected chi connectivity index (χ0v) is 12.8. The van der Waals surface area contributed by atoms with Gasteiger partial charge in [-0.3, -0.25) is 0 Å². The van der Waals surface area contributed by atoms with E-state index in [4.69, 9.17) is 31.3 Å². The van der Waals surface area contributed by atoms with Crippen molar-refractivity contribution in [3.8, 4) is 17.4 Å². The topological polar surface area (TPSA) is 109 Å². The first-order valence-corrected chi connectivity index (χ1v) is 6.96. The van der Waals surface area contributed by atoms with E-state index in [1.165, 1.54) is 6.07 Å². The fourth-order valence-corrected chi connectivity index (χ4v) is 1.91. The van der Waals surface area contributed by atoms with Gasteiger partial charge in [-0.05, 0) is 31.2 Å². The van der Waals surface area contributed by atoms with Crippen molar-refractivity contribution in [3.05, 3.63) is 47.2 Å². The van der Waals surface area contributed by atoms with Gasteiger partial charge in [0.15, 0.2) is 12.4 Å². The van der Waals surface area contributed by atoms with Crippen molar-refractivity contribution in [2.45, 2.75) is 13.5 Å². The van der Waals surface area contributed by atoms with E-state index in [1.54, 1.807) is 31.2 Å². The number of nitrogens with zero attached hydrogens (tertiary/aromatic N) is 4. The molecule has 2 heterocycles. The number of halogens is 1. The average molecular weight is 334 g/mol. The standard InChI is InChI=1S/C14H12ClN5O3/c1-8-17-13(23-20-8)7-21-9-2-4-10(5-3-9)22-12-6-11(15)18-14(16)19-12/h2-6H,7H2,1H3,(H2,16,18,19). The predicted molar refractivity (Wildman–Crippen MR) is 81.3 cm³/mol. The molecule has 0 aliphatic carbocycles. The summed E-state index contributed by atoms with van der Waals surface area (Å²) in [5.41, 5.74) is 5.51. The molecule has 0 radical (unpaired) electrons. The third-order valence-electron chi connectivity index (χ3n) is 2.67. The second kappa shape index (κ2) is 6.49. The summed E-state index contributed by atoms with van der Waals surface area (Å²) in [5.74, 6) is 2.47. The van der Waals surface area contributed by atoms with E-state index in [0.29, 0.717) is 23.2 Å². The first kappa shape index (κ1) is 15.0. The fourth-order valence-electron chi connectivity index (χ4n) is 1.73. The van der Waals surface area contributed by atoms with Crippen molar-refractivity contribution in [3.63, 3.8) is 0 Å². The van der Waals surface area contributed by atoms with Gasteiger partial charge in [0, 0.05) is 6.07 Å². The zero-order valence-electron chi connectivity index (χ0n) is 12.1. The summed E-state index contributed by atoms with van der Waals surface area (Å²) in [5, 5.41) is 3.90. The molecule has 1 aromatic carbocycles. The molecule has 0 saturated heterocycles. The predicted octanol–water partition coefficient (Wildman–Crippen LogP) is 2.77. The minimum atomic E-state index is 0.0438. The minimum Gasteiger partial charge on any atom is -0.484 e. The molecule has 0 spiro atoms. The van der Waals surface area contributed by atoms with Gasteiger partial charge in [-0.2, -0.15) is 9.97 Å². The molecular formula is C14H12ClN5O3. The average Bonchev–Trinajstić information content (AvgIpc) is 2.91. The van der Waals surface area contributed by atoms with E-state index < -0.39 is 0 Å². The SMILES string of the molecule is Cc1noc(COc2ccc(Oc3cc(Cl)nc(N)n3)cc2)n1. The number of rotatable bonds is 5. The van der Waals surface area contributed by atoms with Crippen molar-refractivity contribution in [2.75, 3.05) is 5.73 Å². The quantitative estimate of drug-likeness (QED) is 0.710. The van der Waals surface area contributed by atoms with E-state index in [0.717, 1.165) is 0 Å².